The van der Waals surface area contributed by atoms with Gasteiger partial charge in [0, 0.05) is 30.2 Å². The van der Waals surface area contributed by atoms with Gasteiger partial charge in [0.15, 0.2) is 0 Å². The lowest BCUT2D eigenvalue weighted by molar-refractivity contribution is -0.112. The van der Waals surface area contributed by atoms with E-state index in [2.05, 4.69) is 15.6 Å². The summed E-state index contributed by atoms with van der Waals surface area (Å²) in [6.07, 6.45) is 1.74. The topological polar surface area (TPSA) is 54.0 Å². The maximum absolute atomic E-state index is 12.4. The van der Waals surface area contributed by atoms with E-state index in [4.69, 9.17) is 11.6 Å². The monoisotopic (exact) mass is 301 g/mol. The highest BCUT2D eigenvalue weighted by Crippen LogP contribution is 2.33. The zero-order chi connectivity index (χ0) is 15.0. The summed E-state index contributed by atoms with van der Waals surface area (Å²) >= 11 is 6.31. The van der Waals surface area contributed by atoms with Crippen molar-refractivity contribution >= 4 is 34.1 Å². The van der Waals surface area contributed by atoms with Gasteiger partial charge >= 0.3 is 0 Å². The molecule has 2 heterocycles. The lowest BCUT2D eigenvalue weighted by atomic mass is 10.0. The SMILES string of the molecule is CC(C(=O)Nc1c(Cl)cc(C)c2ncccc12)=C1CNC1. The van der Waals surface area contributed by atoms with Crippen LogP contribution < -0.4 is 10.6 Å². The molecule has 0 unspecified atom stereocenters. The van der Waals surface area contributed by atoms with Crippen molar-refractivity contribution in [3.63, 3.8) is 0 Å². The molecule has 0 radical (unpaired) electrons. The number of hydrogen-bond donors (Lipinski definition) is 2. The van der Waals surface area contributed by atoms with Crippen LogP contribution in [0.2, 0.25) is 5.02 Å². The lowest BCUT2D eigenvalue weighted by Crippen LogP contribution is -2.36. The van der Waals surface area contributed by atoms with E-state index in [-0.39, 0.29) is 5.91 Å². The molecule has 4 nitrogen and oxygen atoms in total. The molecule has 0 atom stereocenters. The van der Waals surface area contributed by atoms with Crippen molar-refractivity contribution < 1.29 is 4.79 Å². The van der Waals surface area contributed by atoms with Gasteiger partial charge in [-0.25, -0.2) is 0 Å². The highest BCUT2D eigenvalue weighted by Gasteiger charge is 2.18. The van der Waals surface area contributed by atoms with E-state index < -0.39 is 0 Å². The number of carbonyl (C=O) groups excluding carboxylic acids is 1. The highest BCUT2D eigenvalue weighted by atomic mass is 35.5. The minimum Gasteiger partial charge on any atom is -0.320 e. The van der Waals surface area contributed by atoms with Gasteiger partial charge in [0.25, 0.3) is 5.91 Å². The molecule has 1 aromatic heterocycles. The average molecular weight is 302 g/mol. The van der Waals surface area contributed by atoms with Crippen LogP contribution in [0.3, 0.4) is 0 Å². The van der Waals surface area contributed by atoms with Gasteiger partial charge in [-0.3, -0.25) is 9.78 Å². The van der Waals surface area contributed by atoms with Gasteiger partial charge in [-0.15, -0.1) is 0 Å². The minimum atomic E-state index is -0.109. The van der Waals surface area contributed by atoms with Crippen LogP contribution in [0.15, 0.2) is 35.5 Å². The van der Waals surface area contributed by atoms with Crippen molar-refractivity contribution in [2.75, 3.05) is 18.4 Å². The largest absolute Gasteiger partial charge is 0.320 e. The van der Waals surface area contributed by atoms with Crippen LogP contribution in [0.4, 0.5) is 5.69 Å². The number of nitrogens with one attached hydrogen (secondary N) is 2. The molecule has 1 aliphatic rings. The van der Waals surface area contributed by atoms with Crippen molar-refractivity contribution in [2.24, 2.45) is 0 Å². The molecule has 0 bridgehead atoms. The fourth-order valence-corrected chi connectivity index (χ4v) is 2.70. The molecule has 3 rings (SSSR count). The fourth-order valence-electron chi connectivity index (χ4n) is 2.39. The van der Waals surface area contributed by atoms with Gasteiger partial charge in [0.2, 0.25) is 0 Å². The van der Waals surface area contributed by atoms with Crippen LogP contribution in [-0.2, 0) is 4.79 Å². The molecule has 0 saturated carbocycles. The van der Waals surface area contributed by atoms with Gasteiger partial charge in [0.1, 0.15) is 0 Å². The summed E-state index contributed by atoms with van der Waals surface area (Å²) in [5, 5.41) is 7.46. The van der Waals surface area contributed by atoms with E-state index in [0.29, 0.717) is 10.7 Å². The Morgan fingerprint density at radius 1 is 1.43 bits per heavy atom. The zero-order valence-electron chi connectivity index (χ0n) is 12.0. The molecular formula is C16H16ClN3O. The van der Waals surface area contributed by atoms with Gasteiger partial charge in [0.05, 0.1) is 16.2 Å². The molecule has 2 aromatic rings. The normalized spacial score (nSPS) is 14.0. The predicted molar refractivity (Wildman–Crippen MR) is 85.7 cm³/mol. The van der Waals surface area contributed by atoms with E-state index in [1.165, 1.54) is 0 Å². The summed E-state index contributed by atoms with van der Waals surface area (Å²) < 4.78 is 0. The number of halogens is 1. The number of aromatic nitrogens is 1. The van der Waals surface area contributed by atoms with Gasteiger partial charge in [-0.2, -0.15) is 0 Å². The fraction of sp³-hybridized carbons (Fsp3) is 0.250. The lowest BCUT2D eigenvalue weighted by Gasteiger charge is -2.22. The maximum Gasteiger partial charge on any atom is 0.251 e. The number of aryl methyl sites for hydroxylation is 1. The van der Waals surface area contributed by atoms with E-state index in [0.717, 1.165) is 40.7 Å². The number of pyridine rings is 1. The van der Waals surface area contributed by atoms with Crippen LogP contribution in [0.5, 0.6) is 0 Å². The van der Waals surface area contributed by atoms with Crippen LogP contribution in [0.1, 0.15) is 12.5 Å². The Bertz CT molecular complexity index is 761. The van der Waals surface area contributed by atoms with Gasteiger partial charge < -0.3 is 10.6 Å². The molecule has 108 valence electrons. The Hall–Kier alpha value is -1.91. The first-order valence-electron chi connectivity index (χ1n) is 6.82. The number of benzene rings is 1. The number of anilines is 1. The third-order valence-corrected chi connectivity index (χ3v) is 4.12. The van der Waals surface area contributed by atoms with E-state index >= 15 is 0 Å². The standard InChI is InChI=1S/C16H16ClN3O/c1-9-6-13(17)15(12-4-3-5-19-14(9)12)20-16(21)10(2)11-7-18-8-11/h3-6,18H,7-8H2,1-2H3,(H,20,21). The number of carbonyl (C=O) groups is 1. The van der Waals surface area contributed by atoms with Crippen LogP contribution >= 0.6 is 11.6 Å². The summed E-state index contributed by atoms with van der Waals surface area (Å²) in [5.41, 5.74) is 4.36. The number of rotatable bonds is 2. The van der Waals surface area contributed by atoms with Crippen molar-refractivity contribution in [2.45, 2.75) is 13.8 Å². The summed E-state index contributed by atoms with van der Waals surface area (Å²) in [5.74, 6) is -0.109. The predicted octanol–water partition coefficient (Wildman–Crippen LogP) is 3.05. The third kappa shape index (κ3) is 2.52. The Balaban J connectivity index is 2.03. The first kappa shape index (κ1) is 14.0. The molecule has 1 amide bonds. The van der Waals surface area contributed by atoms with E-state index in [1.807, 2.05) is 32.0 Å². The molecule has 1 aromatic carbocycles. The number of nitrogens with zero attached hydrogens (tertiary/aromatic N) is 1. The molecule has 0 spiro atoms. The summed E-state index contributed by atoms with van der Waals surface area (Å²) in [4.78, 5) is 16.7. The second-order valence-corrected chi connectivity index (χ2v) is 5.64. The number of hydrogen-bond acceptors (Lipinski definition) is 3. The van der Waals surface area contributed by atoms with Gasteiger partial charge in [-0.1, -0.05) is 11.6 Å². The Morgan fingerprint density at radius 2 is 2.19 bits per heavy atom. The highest BCUT2D eigenvalue weighted by molar-refractivity contribution is 6.36. The van der Waals surface area contributed by atoms with E-state index in [9.17, 15) is 4.79 Å². The quantitative estimate of drug-likeness (QED) is 0.838. The van der Waals surface area contributed by atoms with Crippen molar-refractivity contribution in [3.05, 3.63) is 46.1 Å². The molecule has 2 N–H and O–H groups in total. The first-order chi connectivity index (χ1) is 10.1. The summed E-state index contributed by atoms with van der Waals surface area (Å²) in [7, 11) is 0. The third-order valence-electron chi connectivity index (χ3n) is 3.82. The molecule has 1 aliphatic heterocycles. The number of fused-ring (bicyclic) bond motifs is 1. The summed E-state index contributed by atoms with van der Waals surface area (Å²) in [6, 6.07) is 5.60. The minimum absolute atomic E-state index is 0.109. The zero-order valence-corrected chi connectivity index (χ0v) is 12.7. The van der Waals surface area contributed by atoms with Crippen LogP contribution in [0, 0.1) is 6.92 Å². The van der Waals surface area contributed by atoms with Crippen LogP contribution in [-0.4, -0.2) is 24.0 Å². The van der Waals surface area contributed by atoms with Crippen molar-refractivity contribution in [1.82, 2.24) is 10.3 Å². The molecule has 1 fully saturated rings. The molecular weight excluding hydrogens is 286 g/mol. The molecule has 1 saturated heterocycles. The van der Waals surface area contributed by atoms with Gasteiger partial charge in [-0.05, 0) is 43.2 Å². The van der Waals surface area contributed by atoms with Crippen molar-refractivity contribution in [1.29, 1.82) is 0 Å². The van der Waals surface area contributed by atoms with E-state index in [1.54, 1.807) is 6.20 Å². The molecule has 5 heteroatoms. The second kappa shape index (κ2) is 5.47. The second-order valence-electron chi connectivity index (χ2n) is 5.24. The van der Waals surface area contributed by atoms with Crippen molar-refractivity contribution in [3.8, 4) is 0 Å². The Labute approximate surface area is 128 Å². The molecule has 0 aliphatic carbocycles. The van der Waals surface area contributed by atoms with Crippen LogP contribution in [0.25, 0.3) is 10.9 Å². The Kier molecular flexibility index (Phi) is 3.66. The first-order valence-corrected chi connectivity index (χ1v) is 7.20. The smallest absolute Gasteiger partial charge is 0.251 e. The molecule has 21 heavy (non-hydrogen) atoms. The maximum atomic E-state index is 12.4. The number of amides is 1. The Morgan fingerprint density at radius 3 is 2.86 bits per heavy atom. The summed E-state index contributed by atoms with van der Waals surface area (Å²) in [6.45, 7) is 5.36. The average Bonchev–Trinajstić information content (AvgIpc) is 2.41.